The van der Waals surface area contributed by atoms with Crippen LogP contribution in [0.2, 0.25) is 0 Å². The molecular weight excluding hydrogens is 224 g/mol. The van der Waals surface area contributed by atoms with E-state index in [-0.39, 0.29) is 0 Å². The first-order chi connectivity index (χ1) is 8.74. The molecule has 0 bridgehead atoms. The molecule has 0 atom stereocenters. The number of likely N-dealkylation sites (tertiary alicyclic amines) is 2. The Hall–Kier alpha value is -0.120. The average molecular weight is 254 g/mol. The molecule has 0 amide bonds. The van der Waals surface area contributed by atoms with Crippen LogP contribution in [0.4, 0.5) is 0 Å². The third-order valence-electron chi connectivity index (χ3n) is 4.62. The summed E-state index contributed by atoms with van der Waals surface area (Å²) in [5, 5.41) is 0. The second-order valence-electron chi connectivity index (χ2n) is 6.35. The summed E-state index contributed by atoms with van der Waals surface area (Å²) in [6.45, 7) is 10.5. The monoisotopic (exact) mass is 254 g/mol. The molecular formula is C15H30N2O. The van der Waals surface area contributed by atoms with Crippen LogP contribution >= 0.6 is 0 Å². The van der Waals surface area contributed by atoms with Crippen LogP contribution in [0.3, 0.4) is 0 Å². The Balaban J connectivity index is 1.48. The number of hydrogen-bond donors (Lipinski definition) is 0. The molecule has 3 nitrogen and oxygen atoms in total. The first-order valence-corrected chi connectivity index (χ1v) is 7.72. The zero-order valence-corrected chi connectivity index (χ0v) is 12.2. The summed E-state index contributed by atoms with van der Waals surface area (Å²) in [6.07, 6.45) is 5.37. The van der Waals surface area contributed by atoms with E-state index in [1.54, 1.807) is 0 Å². The molecule has 0 radical (unpaired) electrons. The maximum Gasteiger partial charge on any atom is 0.0593 e. The van der Waals surface area contributed by atoms with Crippen LogP contribution in [0.15, 0.2) is 0 Å². The SMILES string of the molecule is CC1CCN(CCOCC2CCN(C)CC2)CC1. The fraction of sp³-hybridized carbons (Fsp3) is 1.00. The zero-order valence-electron chi connectivity index (χ0n) is 12.2. The molecule has 2 aliphatic heterocycles. The van der Waals surface area contributed by atoms with E-state index in [0.29, 0.717) is 0 Å². The van der Waals surface area contributed by atoms with E-state index >= 15 is 0 Å². The van der Waals surface area contributed by atoms with Crippen molar-refractivity contribution in [2.75, 3.05) is 53.0 Å². The quantitative estimate of drug-likeness (QED) is 0.699. The molecule has 3 heteroatoms. The van der Waals surface area contributed by atoms with Crippen LogP contribution in [-0.4, -0.2) is 62.8 Å². The lowest BCUT2D eigenvalue weighted by Crippen LogP contribution is -2.36. The number of hydrogen-bond acceptors (Lipinski definition) is 3. The van der Waals surface area contributed by atoms with E-state index in [4.69, 9.17) is 4.74 Å². The van der Waals surface area contributed by atoms with Crippen molar-refractivity contribution in [2.45, 2.75) is 32.6 Å². The molecule has 2 heterocycles. The van der Waals surface area contributed by atoms with Gasteiger partial charge in [-0.2, -0.15) is 0 Å². The fourth-order valence-corrected chi connectivity index (χ4v) is 2.96. The molecule has 0 N–H and O–H groups in total. The van der Waals surface area contributed by atoms with Crippen molar-refractivity contribution in [3.8, 4) is 0 Å². The molecule has 0 saturated carbocycles. The van der Waals surface area contributed by atoms with Crippen molar-refractivity contribution in [3.05, 3.63) is 0 Å². The Morgan fingerprint density at radius 2 is 1.67 bits per heavy atom. The van der Waals surface area contributed by atoms with Gasteiger partial charge in [0.25, 0.3) is 0 Å². The highest BCUT2D eigenvalue weighted by Crippen LogP contribution is 2.17. The van der Waals surface area contributed by atoms with Crippen molar-refractivity contribution < 1.29 is 4.74 Å². The standard InChI is InChI=1S/C15H30N2O/c1-14-3-9-17(10-4-14)11-12-18-13-15-5-7-16(2)8-6-15/h14-15H,3-13H2,1-2H3. The molecule has 18 heavy (non-hydrogen) atoms. The average Bonchev–Trinajstić information content (AvgIpc) is 2.39. The molecule has 0 aromatic heterocycles. The largest absolute Gasteiger partial charge is 0.380 e. The van der Waals surface area contributed by atoms with E-state index in [0.717, 1.165) is 31.6 Å². The summed E-state index contributed by atoms with van der Waals surface area (Å²) in [5.74, 6) is 1.74. The summed E-state index contributed by atoms with van der Waals surface area (Å²) >= 11 is 0. The minimum atomic E-state index is 0.808. The fourth-order valence-electron chi connectivity index (χ4n) is 2.96. The van der Waals surface area contributed by atoms with E-state index in [2.05, 4.69) is 23.8 Å². The van der Waals surface area contributed by atoms with Crippen molar-refractivity contribution >= 4 is 0 Å². The highest BCUT2D eigenvalue weighted by atomic mass is 16.5. The van der Waals surface area contributed by atoms with Gasteiger partial charge in [0.1, 0.15) is 0 Å². The highest BCUT2D eigenvalue weighted by Gasteiger charge is 2.17. The molecule has 2 fully saturated rings. The van der Waals surface area contributed by atoms with Gasteiger partial charge in [-0.3, -0.25) is 0 Å². The zero-order chi connectivity index (χ0) is 12.8. The van der Waals surface area contributed by atoms with Gasteiger partial charge in [0.15, 0.2) is 0 Å². The molecule has 0 spiro atoms. The molecule has 2 saturated heterocycles. The lowest BCUT2D eigenvalue weighted by atomic mass is 9.98. The number of ether oxygens (including phenoxy) is 1. The Labute approximate surface area is 112 Å². The third kappa shape index (κ3) is 4.87. The smallest absolute Gasteiger partial charge is 0.0593 e. The number of piperidine rings is 2. The molecule has 0 aromatic rings. The minimum Gasteiger partial charge on any atom is -0.380 e. The van der Waals surface area contributed by atoms with Gasteiger partial charge in [-0.15, -0.1) is 0 Å². The molecule has 2 aliphatic rings. The molecule has 106 valence electrons. The highest BCUT2D eigenvalue weighted by molar-refractivity contribution is 4.71. The predicted octanol–water partition coefficient (Wildman–Crippen LogP) is 2.08. The Bertz CT molecular complexity index is 195. The maximum atomic E-state index is 5.88. The van der Waals surface area contributed by atoms with Gasteiger partial charge >= 0.3 is 0 Å². The van der Waals surface area contributed by atoms with Crippen LogP contribution in [0.1, 0.15) is 32.6 Å². The summed E-state index contributed by atoms with van der Waals surface area (Å²) in [4.78, 5) is 4.99. The third-order valence-corrected chi connectivity index (χ3v) is 4.62. The molecule has 2 rings (SSSR count). The lowest BCUT2D eigenvalue weighted by molar-refractivity contribution is 0.0513. The second-order valence-corrected chi connectivity index (χ2v) is 6.35. The van der Waals surface area contributed by atoms with Gasteiger partial charge in [0.05, 0.1) is 6.61 Å². The van der Waals surface area contributed by atoms with Crippen LogP contribution in [-0.2, 0) is 4.74 Å². The summed E-state index contributed by atoms with van der Waals surface area (Å²) < 4.78 is 5.88. The normalized spacial score (nSPS) is 25.7. The first kappa shape index (κ1) is 14.3. The Morgan fingerprint density at radius 1 is 1.00 bits per heavy atom. The Morgan fingerprint density at radius 3 is 2.33 bits per heavy atom. The second kappa shape index (κ2) is 7.46. The van der Waals surface area contributed by atoms with E-state index in [1.807, 2.05) is 0 Å². The van der Waals surface area contributed by atoms with Crippen LogP contribution < -0.4 is 0 Å². The minimum absolute atomic E-state index is 0.808. The van der Waals surface area contributed by atoms with E-state index in [9.17, 15) is 0 Å². The topological polar surface area (TPSA) is 15.7 Å². The van der Waals surface area contributed by atoms with Crippen LogP contribution in [0, 0.1) is 11.8 Å². The lowest BCUT2D eigenvalue weighted by Gasteiger charge is -2.31. The van der Waals surface area contributed by atoms with Gasteiger partial charge in [0, 0.05) is 13.2 Å². The van der Waals surface area contributed by atoms with E-state index < -0.39 is 0 Å². The number of nitrogens with zero attached hydrogens (tertiary/aromatic N) is 2. The summed E-state index contributed by atoms with van der Waals surface area (Å²) in [5.41, 5.74) is 0. The van der Waals surface area contributed by atoms with Gasteiger partial charge in [-0.05, 0) is 70.7 Å². The predicted molar refractivity (Wildman–Crippen MR) is 75.9 cm³/mol. The summed E-state index contributed by atoms with van der Waals surface area (Å²) in [7, 11) is 2.22. The summed E-state index contributed by atoms with van der Waals surface area (Å²) in [6, 6.07) is 0. The first-order valence-electron chi connectivity index (χ1n) is 7.72. The number of rotatable bonds is 5. The van der Waals surface area contributed by atoms with Crippen molar-refractivity contribution in [1.29, 1.82) is 0 Å². The van der Waals surface area contributed by atoms with Crippen molar-refractivity contribution in [1.82, 2.24) is 9.80 Å². The van der Waals surface area contributed by atoms with Gasteiger partial charge in [-0.25, -0.2) is 0 Å². The van der Waals surface area contributed by atoms with Crippen molar-refractivity contribution in [2.24, 2.45) is 11.8 Å². The maximum absolute atomic E-state index is 5.88. The van der Waals surface area contributed by atoms with Gasteiger partial charge < -0.3 is 14.5 Å². The molecule has 0 aromatic carbocycles. The van der Waals surface area contributed by atoms with E-state index in [1.165, 1.54) is 51.9 Å². The van der Waals surface area contributed by atoms with Crippen LogP contribution in [0.5, 0.6) is 0 Å². The molecule has 0 aliphatic carbocycles. The van der Waals surface area contributed by atoms with Gasteiger partial charge in [0.2, 0.25) is 0 Å². The van der Waals surface area contributed by atoms with Gasteiger partial charge in [-0.1, -0.05) is 6.92 Å². The molecule has 0 unspecified atom stereocenters. The Kier molecular flexibility index (Phi) is 5.93. The van der Waals surface area contributed by atoms with Crippen molar-refractivity contribution in [3.63, 3.8) is 0 Å². The van der Waals surface area contributed by atoms with Crippen LogP contribution in [0.25, 0.3) is 0 Å².